The lowest BCUT2D eigenvalue weighted by Gasteiger charge is -2.34. The van der Waals surface area contributed by atoms with Crippen LogP contribution in [0.3, 0.4) is 0 Å². The summed E-state index contributed by atoms with van der Waals surface area (Å²) < 4.78 is 0. The molecular weight excluding hydrogens is 362 g/mol. The molecule has 1 aromatic heterocycles. The number of pyridine rings is 1. The number of piperidine rings is 1. The van der Waals surface area contributed by atoms with Gasteiger partial charge in [0.2, 0.25) is 5.91 Å². The number of aromatic nitrogens is 1. The molecule has 2 rings (SSSR count). The molecule has 154 valence electrons. The molecule has 0 aliphatic carbocycles. The summed E-state index contributed by atoms with van der Waals surface area (Å²) in [5.74, 6) is -3.18. The first-order valence-electron chi connectivity index (χ1n) is 9.25. The van der Waals surface area contributed by atoms with Crippen LogP contribution in [0.15, 0.2) is 36.7 Å². The Morgan fingerprint density at radius 1 is 1.25 bits per heavy atom. The third-order valence-corrected chi connectivity index (χ3v) is 4.40. The maximum atomic E-state index is 12.6. The van der Waals surface area contributed by atoms with Crippen LogP contribution in [0.25, 0.3) is 0 Å². The molecule has 1 amide bonds. The van der Waals surface area contributed by atoms with Gasteiger partial charge in [-0.2, -0.15) is 0 Å². The molecule has 8 nitrogen and oxygen atoms in total. The second-order valence-electron chi connectivity index (χ2n) is 6.83. The molecule has 1 aliphatic heterocycles. The number of hydrogen-bond acceptors (Lipinski definition) is 5. The van der Waals surface area contributed by atoms with E-state index in [1.807, 2.05) is 31.0 Å². The van der Waals surface area contributed by atoms with E-state index in [2.05, 4.69) is 22.5 Å². The van der Waals surface area contributed by atoms with Gasteiger partial charge < -0.3 is 15.1 Å². The lowest BCUT2D eigenvalue weighted by Crippen LogP contribution is -2.42. The van der Waals surface area contributed by atoms with Crippen LogP contribution in [0.4, 0.5) is 0 Å². The van der Waals surface area contributed by atoms with Crippen molar-refractivity contribution in [2.45, 2.75) is 33.2 Å². The van der Waals surface area contributed by atoms with E-state index in [9.17, 15) is 4.79 Å². The largest absolute Gasteiger partial charge is 0.473 e. The van der Waals surface area contributed by atoms with Crippen LogP contribution < -0.4 is 0 Å². The van der Waals surface area contributed by atoms with Gasteiger partial charge in [-0.1, -0.05) is 18.2 Å². The highest BCUT2D eigenvalue weighted by molar-refractivity contribution is 6.27. The maximum absolute atomic E-state index is 12.6. The van der Waals surface area contributed by atoms with Crippen LogP contribution in [-0.2, 0) is 20.9 Å². The quantitative estimate of drug-likeness (QED) is 0.562. The van der Waals surface area contributed by atoms with Gasteiger partial charge in [-0.25, -0.2) is 9.59 Å². The van der Waals surface area contributed by atoms with Crippen molar-refractivity contribution < 1.29 is 24.6 Å². The SMILES string of the molecule is C=C(C)CN(CC)C(=O)C1CCN(Cc2cccnc2)CC1.O=C(O)C(=O)O. The summed E-state index contributed by atoms with van der Waals surface area (Å²) in [7, 11) is 0. The highest BCUT2D eigenvalue weighted by atomic mass is 16.4. The topological polar surface area (TPSA) is 111 Å². The lowest BCUT2D eigenvalue weighted by molar-refractivity contribution is -0.159. The molecule has 28 heavy (non-hydrogen) atoms. The Balaban J connectivity index is 0.000000568. The van der Waals surface area contributed by atoms with Crippen molar-refractivity contribution >= 4 is 17.8 Å². The molecule has 2 heterocycles. The molecular formula is C20H29N3O5. The molecule has 8 heteroatoms. The number of rotatable bonds is 6. The normalized spacial score (nSPS) is 14.5. The van der Waals surface area contributed by atoms with Gasteiger partial charge in [0.1, 0.15) is 0 Å². The van der Waals surface area contributed by atoms with Gasteiger partial charge in [-0.15, -0.1) is 0 Å². The van der Waals surface area contributed by atoms with Crippen molar-refractivity contribution in [3.05, 3.63) is 42.2 Å². The van der Waals surface area contributed by atoms with Gasteiger partial charge in [0.15, 0.2) is 0 Å². The third-order valence-electron chi connectivity index (χ3n) is 4.40. The van der Waals surface area contributed by atoms with Crippen molar-refractivity contribution in [2.24, 2.45) is 5.92 Å². The van der Waals surface area contributed by atoms with E-state index in [0.29, 0.717) is 12.5 Å². The molecule has 0 aromatic carbocycles. The molecule has 0 spiro atoms. The van der Waals surface area contributed by atoms with Gasteiger partial charge in [-0.05, 0) is 51.4 Å². The summed E-state index contributed by atoms with van der Waals surface area (Å²) in [4.78, 5) is 39.3. The average Bonchev–Trinajstić information content (AvgIpc) is 2.67. The fraction of sp³-hybridized carbons (Fsp3) is 0.500. The van der Waals surface area contributed by atoms with Crippen molar-refractivity contribution in [2.75, 3.05) is 26.2 Å². The lowest BCUT2D eigenvalue weighted by atomic mass is 9.94. The van der Waals surface area contributed by atoms with Crippen LogP contribution >= 0.6 is 0 Å². The molecule has 0 unspecified atom stereocenters. The number of nitrogens with zero attached hydrogens (tertiary/aromatic N) is 3. The molecule has 1 fully saturated rings. The smallest absolute Gasteiger partial charge is 0.414 e. The van der Waals surface area contributed by atoms with Gasteiger partial charge in [-0.3, -0.25) is 14.7 Å². The summed E-state index contributed by atoms with van der Waals surface area (Å²) in [6.45, 7) is 12.3. The summed E-state index contributed by atoms with van der Waals surface area (Å²) >= 11 is 0. The van der Waals surface area contributed by atoms with Gasteiger partial charge in [0.25, 0.3) is 0 Å². The van der Waals surface area contributed by atoms with Crippen LogP contribution in [0.2, 0.25) is 0 Å². The second-order valence-corrected chi connectivity index (χ2v) is 6.83. The zero-order valence-electron chi connectivity index (χ0n) is 16.5. The van der Waals surface area contributed by atoms with E-state index in [4.69, 9.17) is 19.8 Å². The fourth-order valence-electron chi connectivity index (χ4n) is 3.02. The second kappa shape index (κ2) is 11.9. The van der Waals surface area contributed by atoms with Gasteiger partial charge in [0, 0.05) is 37.9 Å². The van der Waals surface area contributed by atoms with Crippen LogP contribution in [-0.4, -0.2) is 69.0 Å². The van der Waals surface area contributed by atoms with Crippen LogP contribution in [0.1, 0.15) is 32.3 Å². The first-order valence-corrected chi connectivity index (χ1v) is 9.25. The summed E-state index contributed by atoms with van der Waals surface area (Å²) in [6, 6.07) is 4.08. The minimum Gasteiger partial charge on any atom is -0.473 e. The van der Waals surface area contributed by atoms with Crippen molar-refractivity contribution in [3.63, 3.8) is 0 Å². The number of carboxylic acids is 2. The van der Waals surface area contributed by atoms with Crippen LogP contribution in [0.5, 0.6) is 0 Å². The molecule has 0 radical (unpaired) electrons. The Kier molecular flexibility index (Phi) is 9.87. The van der Waals surface area contributed by atoms with Crippen molar-refractivity contribution in [1.82, 2.24) is 14.8 Å². The van der Waals surface area contributed by atoms with E-state index in [1.54, 1.807) is 6.20 Å². The number of likely N-dealkylation sites (tertiary alicyclic amines) is 1. The average molecular weight is 391 g/mol. The summed E-state index contributed by atoms with van der Waals surface area (Å²) in [5, 5.41) is 14.8. The number of aliphatic carboxylic acids is 2. The molecule has 0 bridgehead atoms. The van der Waals surface area contributed by atoms with Gasteiger partial charge in [0.05, 0.1) is 0 Å². The number of carbonyl (C=O) groups excluding carboxylic acids is 1. The van der Waals surface area contributed by atoms with E-state index < -0.39 is 11.9 Å². The molecule has 1 saturated heterocycles. The highest BCUT2D eigenvalue weighted by Crippen LogP contribution is 2.21. The first kappa shape index (κ1) is 23.3. The van der Waals surface area contributed by atoms with E-state index >= 15 is 0 Å². The van der Waals surface area contributed by atoms with Crippen LogP contribution in [0, 0.1) is 5.92 Å². The minimum atomic E-state index is -1.82. The number of carboxylic acid groups (broad SMARTS) is 2. The maximum Gasteiger partial charge on any atom is 0.414 e. The van der Waals surface area contributed by atoms with E-state index in [-0.39, 0.29) is 5.92 Å². The number of carbonyl (C=O) groups is 3. The Bertz CT molecular complexity index is 658. The zero-order chi connectivity index (χ0) is 21.1. The number of amides is 1. The van der Waals surface area contributed by atoms with E-state index in [1.165, 1.54) is 5.56 Å². The molecule has 0 atom stereocenters. The molecule has 2 N–H and O–H groups in total. The monoisotopic (exact) mass is 391 g/mol. The predicted molar refractivity (Wildman–Crippen MR) is 105 cm³/mol. The Hall–Kier alpha value is -2.74. The Labute approximate surface area is 165 Å². The Morgan fingerprint density at radius 3 is 2.29 bits per heavy atom. The van der Waals surface area contributed by atoms with Gasteiger partial charge >= 0.3 is 11.9 Å². The minimum absolute atomic E-state index is 0.171. The molecule has 1 aliphatic rings. The molecule has 0 saturated carbocycles. The fourth-order valence-corrected chi connectivity index (χ4v) is 3.02. The highest BCUT2D eigenvalue weighted by Gasteiger charge is 2.27. The van der Waals surface area contributed by atoms with Crippen molar-refractivity contribution in [1.29, 1.82) is 0 Å². The Morgan fingerprint density at radius 2 is 1.86 bits per heavy atom. The number of likely N-dealkylation sites (N-methyl/N-ethyl adjacent to an activating group) is 1. The standard InChI is InChI=1S/C18H27N3O.C2H2O4/c1-4-21(13-15(2)3)18(22)17-7-10-20(11-8-17)14-16-6-5-9-19-12-16;3-1(4)2(5)6/h5-6,9,12,17H,2,4,7-8,10-11,13-14H2,1,3H3;(H,3,4)(H,5,6). The van der Waals surface area contributed by atoms with Crippen molar-refractivity contribution in [3.8, 4) is 0 Å². The summed E-state index contributed by atoms with van der Waals surface area (Å²) in [6.07, 6.45) is 5.62. The predicted octanol–water partition coefficient (Wildman–Crippen LogP) is 1.87. The molecule has 1 aromatic rings. The first-order chi connectivity index (χ1) is 13.2. The zero-order valence-corrected chi connectivity index (χ0v) is 16.5. The number of hydrogen-bond donors (Lipinski definition) is 2. The third kappa shape index (κ3) is 8.30. The van der Waals surface area contributed by atoms with E-state index in [0.717, 1.165) is 44.6 Å². The summed E-state index contributed by atoms with van der Waals surface area (Å²) in [5.41, 5.74) is 2.29.